The minimum absolute atomic E-state index is 0.00831. The minimum Gasteiger partial charge on any atom is -0.338 e. The van der Waals surface area contributed by atoms with E-state index in [9.17, 15) is 4.79 Å². The molecule has 0 radical (unpaired) electrons. The van der Waals surface area contributed by atoms with Crippen LogP contribution in [0.15, 0.2) is 0 Å². The fraction of sp³-hybridized carbons (Fsp3) is 0.923. The number of rotatable bonds is 5. The zero-order valence-electron chi connectivity index (χ0n) is 10.7. The van der Waals surface area contributed by atoms with Gasteiger partial charge in [0.2, 0.25) is 0 Å². The third kappa shape index (κ3) is 5.38. The summed E-state index contributed by atoms with van der Waals surface area (Å²) in [6, 6.07) is -0.00831. The van der Waals surface area contributed by atoms with Crippen molar-refractivity contribution in [1.29, 1.82) is 0 Å². The molecule has 0 atom stereocenters. The molecule has 0 unspecified atom stereocenters. The molecule has 1 fully saturated rings. The summed E-state index contributed by atoms with van der Waals surface area (Å²) >= 11 is 0. The van der Waals surface area contributed by atoms with E-state index in [1.807, 2.05) is 0 Å². The highest BCUT2D eigenvalue weighted by atomic mass is 16.2. The molecule has 3 heteroatoms. The summed E-state index contributed by atoms with van der Waals surface area (Å²) in [5.74, 6) is 1.75. The van der Waals surface area contributed by atoms with E-state index in [0.717, 1.165) is 37.8 Å². The summed E-state index contributed by atoms with van der Waals surface area (Å²) in [6.07, 6.45) is 7.57. The molecule has 1 aliphatic carbocycles. The van der Waals surface area contributed by atoms with Crippen molar-refractivity contribution in [3.05, 3.63) is 0 Å². The van der Waals surface area contributed by atoms with E-state index in [0.29, 0.717) is 0 Å². The maximum Gasteiger partial charge on any atom is 0.314 e. The van der Waals surface area contributed by atoms with Crippen LogP contribution in [0.3, 0.4) is 0 Å². The lowest BCUT2D eigenvalue weighted by Gasteiger charge is -2.26. The Balaban J connectivity index is 2.00. The Labute approximate surface area is 99.4 Å². The molecular formula is C13H26N2O. The monoisotopic (exact) mass is 226 g/mol. The van der Waals surface area contributed by atoms with Gasteiger partial charge in [-0.25, -0.2) is 4.79 Å². The topological polar surface area (TPSA) is 41.1 Å². The molecule has 0 bridgehead atoms. The first-order valence-corrected chi connectivity index (χ1v) is 6.74. The normalized spacial score (nSPS) is 25.1. The molecule has 0 heterocycles. The first-order valence-electron chi connectivity index (χ1n) is 6.74. The molecule has 2 N–H and O–H groups in total. The van der Waals surface area contributed by atoms with Crippen molar-refractivity contribution < 1.29 is 4.79 Å². The maximum atomic E-state index is 11.3. The molecule has 0 aromatic heterocycles. The number of nitrogens with one attached hydrogen (secondary N) is 2. The van der Waals surface area contributed by atoms with E-state index in [2.05, 4.69) is 24.5 Å². The van der Waals surface area contributed by atoms with E-state index < -0.39 is 0 Å². The van der Waals surface area contributed by atoms with Gasteiger partial charge in [0.05, 0.1) is 0 Å². The zero-order chi connectivity index (χ0) is 11.8. The van der Waals surface area contributed by atoms with E-state index in [1.54, 1.807) is 0 Å². The Hall–Kier alpha value is -0.730. The highest BCUT2D eigenvalue weighted by molar-refractivity contribution is 5.73. The maximum absolute atomic E-state index is 11.3. The van der Waals surface area contributed by atoms with Crippen LogP contribution in [0.1, 0.15) is 52.4 Å². The third-order valence-electron chi connectivity index (χ3n) is 3.51. The number of carbonyl (C=O) groups excluding carboxylic acids is 1. The Bertz CT molecular complexity index is 198. The Morgan fingerprint density at radius 3 is 2.38 bits per heavy atom. The summed E-state index contributed by atoms with van der Waals surface area (Å²) in [4.78, 5) is 11.3. The second kappa shape index (κ2) is 7.53. The van der Waals surface area contributed by atoms with Gasteiger partial charge < -0.3 is 10.6 Å². The van der Waals surface area contributed by atoms with Crippen molar-refractivity contribution in [3.8, 4) is 0 Å². The van der Waals surface area contributed by atoms with Crippen molar-refractivity contribution in [2.24, 2.45) is 11.8 Å². The smallest absolute Gasteiger partial charge is 0.314 e. The second-order valence-corrected chi connectivity index (χ2v) is 5.10. The lowest BCUT2D eigenvalue weighted by Crippen LogP contribution is -2.37. The van der Waals surface area contributed by atoms with Crippen molar-refractivity contribution in [3.63, 3.8) is 0 Å². The zero-order valence-corrected chi connectivity index (χ0v) is 10.7. The average molecular weight is 226 g/mol. The quantitative estimate of drug-likeness (QED) is 0.743. The minimum atomic E-state index is -0.00831. The van der Waals surface area contributed by atoms with Gasteiger partial charge in [-0.15, -0.1) is 0 Å². The van der Waals surface area contributed by atoms with Crippen LogP contribution in [-0.4, -0.2) is 19.1 Å². The van der Waals surface area contributed by atoms with Crippen LogP contribution < -0.4 is 10.6 Å². The molecule has 0 aromatic rings. The summed E-state index contributed by atoms with van der Waals surface area (Å²) < 4.78 is 0. The lowest BCUT2D eigenvalue weighted by molar-refractivity contribution is 0.237. The number of urea groups is 1. The molecule has 1 saturated carbocycles. The van der Waals surface area contributed by atoms with Crippen molar-refractivity contribution >= 4 is 6.03 Å². The molecule has 0 saturated heterocycles. The lowest BCUT2D eigenvalue weighted by atomic mass is 9.81. The molecule has 2 amide bonds. The molecule has 1 rings (SSSR count). The number of carbonyl (C=O) groups is 1. The van der Waals surface area contributed by atoms with Gasteiger partial charge in [-0.05, 0) is 24.7 Å². The Morgan fingerprint density at radius 2 is 1.75 bits per heavy atom. The molecule has 0 spiro atoms. The van der Waals surface area contributed by atoms with Gasteiger partial charge in [-0.3, -0.25) is 0 Å². The molecule has 16 heavy (non-hydrogen) atoms. The van der Waals surface area contributed by atoms with Crippen molar-refractivity contribution in [2.75, 3.05) is 13.1 Å². The van der Waals surface area contributed by atoms with Crippen LogP contribution in [0.25, 0.3) is 0 Å². The number of hydrogen-bond acceptors (Lipinski definition) is 1. The van der Waals surface area contributed by atoms with Crippen LogP contribution in [0, 0.1) is 11.8 Å². The highest BCUT2D eigenvalue weighted by Gasteiger charge is 2.17. The van der Waals surface area contributed by atoms with Gasteiger partial charge in [0.1, 0.15) is 0 Å². The Kier molecular flexibility index (Phi) is 6.27. The number of amides is 2. The fourth-order valence-corrected chi connectivity index (χ4v) is 2.31. The average Bonchev–Trinajstić information content (AvgIpc) is 2.29. The van der Waals surface area contributed by atoms with Gasteiger partial charge in [0, 0.05) is 13.1 Å². The Morgan fingerprint density at radius 1 is 1.12 bits per heavy atom. The van der Waals surface area contributed by atoms with Crippen LogP contribution in [0.2, 0.25) is 0 Å². The summed E-state index contributed by atoms with van der Waals surface area (Å²) in [5.41, 5.74) is 0. The van der Waals surface area contributed by atoms with E-state index in [-0.39, 0.29) is 6.03 Å². The van der Waals surface area contributed by atoms with Gasteiger partial charge >= 0.3 is 6.03 Å². The van der Waals surface area contributed by atoms with Crippen molar-refractivity contribution in [1.82, 2.24) is 10.6 Å². The van der Waals surface area contributed by atoms with Crippen LogP contribution in [0.5, 0.6) is 0 Å². The SMILES string of the molecule is CCCNC(=O)NCCC1CCC(C)CC1. The van der Waals surface area contributed by atoms with Gasteiger partial charge in [0.15, 0.2) is 0 Å². The van der Waals surface area contributed by atoms with Crippen LogP contribution in [0.4, 0.5) is 4.79 Å². The van der Waals surface area contributed by atoms with E-state index in [1.165, 1.54) is 25.7 Å². The first-order chi connectivity index (χ1) is 7.72. The summed E-state index contributed by atoms with van der Waals surface area (Å²) in [6.45, 7) is 6.00. The van der Waals surface area contributed by atoms with E-state index >= 15 is 0 Å². The highest BCUT2D eigenvalue weighted by Crippen LogP contribution is 2.29. The van der Waals surface area contributed by atoms with E-state index in [4.69, 9.17) is 0 Å². The second-order valence-electron chi connectivity index (χ2n) is 5.10. The van der Waals surface area contributed by atoms with Gasteiger partial charge in [-0.1, -0.05) is 39.5 Å². The van der Waals surface area contributed by atoms with Gasteiger partial charge in [-0.2, -0.15) is 0 Å². The number of hydrogen-bond donors (Lipinski definition) is 2. The van der Waals surface area contributed by atoms with Crippen LogP contribution >= 0.6 is 0 Å². The van der Waals surface area contributed by atoms with Crippen LogP contribution in [-0.2, 0) is 0 Å². The fourth-order valence-electron chi connectivity index (χ4n) is 2.31. The molecule has 1 aliphatic rings. The molecule has 94 valence electrons. The summed E-state index contributed by atoms with van der Waals surface area (Å²) in [5, 5.41) is 5.75. The largest absolute Gasteiger partial charge is 0.338 e. The third-order valence-corrected chi connectivity index (χ3v) is 3.51. The summed E-state index contributed by atoms with van der Waals surface area (Å²) in [7, 11) is 0. The first kappa shape index (κ1) is 13.3. The predicted molar refractivity (Wildman–Crippen MR) is 67.4 cm³/mol. The predicted octanol–water partition coefficient (Wildman–Crippen LogP) is 2.91. The van der Waals surface area contributed by atoms with Crippen molar-refractivity contribution in [2.45, 2.75) is 52.4 Å². The van der Waals surface area contributed by atoms with Gasteiger partial charge in [0.25, 0.3) is 0 Å². The molecule has 0 aliphatic heterocycles. The molecule has 0 aromatic carbocycles. The standard InChI is InChI=1S/C13H26N2O/c1-3-9-14-13(16)15-10-8-12-6-4-11(2)5-7-12/h11-12H,3-10H2,1-2H3,(H2,14,15,16). The molecule has 3 nitrogen and oxygen atoms in total. The molecular weight excluding hydrogens is 200 g/mol.